The molecule has 0 saturated heterocycles. The number of pyridine rings is 1. The maximum absolute atomic E-state index is 12.7. The molecule has 0 fully saturated rings. The van der Waals surface area contributed by atoms with Gasteiger partial charge in [-0.1, -0.05) is 16.8 Å². The predicted molar refractivity (Wildman–Crippen MR) is 97.7 cm³/mol. The van der Waals surface area contributed by atoms with Gasteiger partial charge in [0.1, 0.15) is 18.0 Å². The average molecular weight is 419 g/mol. The van der Waals surface area contributed by atoms with Crippen molar-refractivity contribution in [3.8, 4) is 23.1 Å². The van der Waals surface area contributed by atoms with Crippen molar-refractivity contribution in [2.75, 3.05) is 0 Å². The van der Waals surface area contributed by atoms with Crippen molar-refractivity contribution in [3.05, 3.63) is 59.1 Å². The zero-order valence-electron chi connectivity index (χ0n) is 14.9. The lowest BCUT2D eigenvalue weighted by atomic mass is 10.2. The summed E-state index contributed by atoms with van der Waals surface area (Å²) in [5, 5.41) is 20.6. The molecule has 12 heteroatoms. The summed E-state index contributed by atoms with van der Waals surface area (Å²) in [5.41, 5.74) is 1.29. The highest BCUT2D eigenvalue weighted by Gasteiger charge is 2.16. The van der Waals surface area contributed by atoms with E-state index in [1.165, 1.54) is 27.7 Å². The lowest BCUT2D eigenvalue weighted by Crippen LogP contribution is -2.07. The molecule has 148 valence electrons. The van der Waals surface area contributed by atoms with E-state index in [-0.39, 0.29) is 18.1 Å². The van der Waals surface area contributed by atoms with Gasteiger partial charge < -0.3 is 4.74 Å². The van der Waals surface area contributed by atoms with Gasteiger partial charge in [0.15, 0.2) is 5.82 Å². The van der Waals surface area contributed by atoms with Crippen LogP contribution in [-0.2, 0) is 13.7 Å². The van der Waals surface area contributed by atoms with Gasteiger partial charge in [0.2, 0.25) is 5.88 Å². The van der Waals surface area contributed by atoms with Crippen molar-refractivity contribution in [1.82, 2.24) is 40.0 Å². The van der Waals surface area contributed by atoms with Gasteiger partial charge in [0, 0.05) is 24.9 Å². The van der Waals surface area contributed by atoms with Gasteiger partial charge in [-0.2, -0.15) is 5.10 Å². The van der Waals surface area contributed by atoms with Crippen molar-refractivity contribution in [2.24, 2.45) is 7.05 Å². The van der Waals surface area contributed by atoms with Crippen LogP contribution in [0.2, 0.25) is 5.02 Å². The van der Waals surface area contributed by atoms with E-state index >= 15 is 0 Å². The van der Waals surface area contributed by atoms with Gasteiger partial charge in [-0.05, 0) is 18.2 Å². The van der Waals surface area contributed by atoms with E-state index in [9.17, 15) is 8.78 Å². The molecule has 4 aromatic heterocycles. The second kappa shape index (κ2) is 7.87. The zero-order chi connectivity index (χ0) is 20.4. The molecule has 4 rings (SSSR count). The topological polar surface area (TPSA) is 96.4 Å². The Balaban J connectivity index is 1.49. The molecule has 0 radical (unpaired) electrons. The summed E-state index contributed by atoms with van der Waals surface area (Å²) in [4.78, 5) is 4.05. The van der Waals surface area contributed by atoms with E-state index < -0.39 is 6.43 Å². The van der Waals surface area contributed by atoms with Crippen molar-refractivity contribution in [3.63, 3.8) is 0 Å². The monoisotopic (exact) mass is 418 g/mol. The minimum Gasteiger partial charge on any atom is -0.470 e. The first-order valence-electron chi connectivity index (χ1n) is 8.31. The normalized spacial score (nSPS) is 11.2. The molecule has 4 aromatic rings. The van der Waals surface area contributed by atoms with Crippen LogP contribution in [0.4, 0.5) is 8.78 Å². The SMILES string of the molecule is Cn1nnc(-c2ccc(C(F)F)cn2)c1COc1ccc(-n2cc(Cl)cn2)nn1. The predicted octanol–water partition coefficient (Wildman–Crippen LogP) is 3.02. The summed E-state index contributed by atoms with van der Waals surface area (Å²) < 4.78 is 34.1. The van der Waals surface area contributed by atoms with Gasteiger partial charge in [-0.15, -0.1) is 15.3 Å². The van der Waals surface area contributed by atoms with E-state index in [0.29, 0.717) is 27.9 Å². The lowest BCUT2D eigenvalue weighted by molar-refractivity contribution is 0.151. The van der Waals surface area contributed by atoms with Gasteiger partial charge in [-0.25, -0.2) is 18.1 Å². The Labute approximate surface area is 167 Å². The minimum atomic E-state index is -2.58. The highest BCUT2D eigenvalue weighted by molar-refractivity contribution is 6.30. The third kappa shape index (κ3) is 4.04. The van der Waals surface area contributed by atoms with Crippen molar-refractivity contribution in [1.29, 1.82) is 0 Å². The molecule has 0 aliphatic rings. The van der Waals surface area contributed by atoms with Crippen LogP contribution in [-0.4, -0.2) is 40.0 Å². The number of alkyl halides is 2. The van der Waals surface area contributed by atoms with Crippen LogP contribution in [0.25, 0.3) is 17.2 Å². The highest BCUT2D eigenvalue weighted by Crippen LogP contribution is 2.23. The maximum atomic E-state index is 12.7. The lowest BCUT2D eigenvalue weighted by Gasteiger charge is -2.07. The summed E-state index contributed by atoms with van der Waals surface area (Å²) in [7, 11) is 1.69. The van der Waals surface area contributed by atoms with Crippen LogP contribution in [0.1, 0.15) is 17.7 Å². The van der Waals surface area contributed by atoms with Crippen LogP contribution in [0.3, 0.4) is 0 Å². The van der Waals surface area contributed by atoms with Crippen molar-refractivity contribution >= 4 is 11.6 Å². The third-order valence-corrected chi connectivity index (χ3v) is 4.19. The summed E-state index contributed by atoms with van der Waals surface area (Å²) in [6.07, 6.45) is 1.63. The van der Waals surface area contributed by atoms with Crippen LogP contribution in [0.5, 0.6) is 5.88 Å². The Kier molecular flexibility index (Phi) is 5.12. The maximum Gasteiger partial charge on any atom is 0.265 e. The van der Waals surface area contributed by atoms with E-state index in [1.54, 1.807) is 25.4 Å². The standard InChI is InChI=1S/C17H13ClF2N8O/c1-27-13(16(25-26-27)12-3-2-10(6-21-12)17(19)20)9-29-15-5-4-14(23-24-15)28-8-11(18)7-22-28/h2-8,17H,9H2,1H3. The summed E-state index contributed by atoms with van der Waals surface area (Å²) in [6.45, 7) is 0.0821. The number of halogens is 3. The van der Waals surface area contributed by atoms with E-state index in [4.69, 9.17) is 16.3 Å². The molecule has 0 unspecified atom stereocenters. The average Bonchev–Trinajstić information content (AvgIpc) is 3.32. The highest BCUT2D eigenvalue weighted by atomic mass is 35.5. The Hall–Kier alpha value is -3.47. The van der Waals surface area contributed by atoms with Crippen LogP contribution < -0.4 is 4.74 Å². The van der Waals surface area contributed by atoms with Gasteiger partial charge >= 0.3 is 0 Å². The fourth-order valence-electron chi connectivity index (χ4n) is 2.49. The molecular formula is C17H13ClF2N8O. The molecule has 0 saturated carbocycles. The fraction of sp³-hybridized carbons (Fsp3) is 0.176. The Morgan fingerprint density at radius 1 is 1.10 bits per heavy atom. The molecule has 0 N–H and O–H groups in total. The number of hydrogen-bond acceptors (Lipinski definition) is 7. The first kappa shape index (κ1) is 18.9. The van der Waals surface area contributed by atoms with Crippen molar-refractivity contribution in [2.45, 2.75) is 13.0 Å². The largest absolute Gasteiger partial charge is 0.470 e. The number of hydrogen-bond donors (Lipinski definition) is 0. The third-order valence-electron chi connectivity index (χ3n) is 3.99. The molecule has 9 nitrogen and oxygen atoms in total. The quantitative estimate of drug-likeness (QED) is 0.474. The van der Waals surface area contributed by atoms with E-state index in [1.807, 2.05) is 0 Å². The van der Waals surface area contributed by atoms with Gasteiger partial charge in [0.05, 0.1) is 23.1 Å². The van der Waals surface area contributed by atoms with Crippen LogP contribution in [0, 0.1) is 0 Å². The van der Waals surface area contributed by atoms with Crippen LogP contribution in [0.15, 0.2) is 42.9 Å². The van der Waals surface area contributed by atoms with Gasteiger partial charge in [0.25, 0.3) is 6.43 Å². The Morgan fingerprint density at radius 3 is 2.59 bits per heavy atom. The Morgan fingerprint density at radius 2 is 1.97 bits per heavy atom. The molecule has 0 amide bonds. The Bertz CT molecular complexity index is 1110. The summed E-state index contributed by atoms with van der Waals surface area (Å²) in [5.74, 6) is 0.760. The molecule has 29 heavy (non-hydrogen) atoms. The molecule has 0 bridgehead atoms. The first-order valence-corrected chi connectivity index (χ1v) is 8.69. The fourth-order valence-corrected chi connectivity index (χ4v) is 2.63. The minimum absolute atomic E-state index is 0.0821. The number of ether oxygens (including phenoxy) is 1. The second-order valence-corrected chi connectivity index (χ2v) is 6.34. The number of aromatic nitrogens is 8. The molecule has 0 aliphatic carbocycles. The van der Waals surface area contributed by atoms with Crippen molar-refractivity contribution < 1.29 is 13.5 Å². The molecule has 0 spiro atoms. The first-order chi connectivity index (χ1) is 14.0. The van der Waals surface area contributed by atoms with E-state index in [2.05, 4.69) is 30.6 Å². The van der Waals surface area contributed by atoms with Gasteiger partial charge in [-0.3, -0.25) is 4.98 Å². The second-order valence-electron chi connectivity index (χ2n) is 5.91. The number of aryl methyl sites for hydroxylation is 1. The molecule has 0 aliphatic heterocycles. The van der Waals surface area contributed by atoms with E-state index in [0.717, 1.165) is 6.20 Å². The van der Waals surface area contributed by atoms with Crippen LogP contribution >= 0.6 is 11.6 Å². The molecule has 4 heterocycles. The molecular weight excluding hydrogens is 406 g/mol. The summed E-state index contributed by atoms with van der Waals surface area (Å²) in [6, 6.07) is 6.09. The number of nitrogens with zero attached hydrogens (tertiary/aromatic N) is 8. The molecule has 0 atom stereocenters. The smallest absolute Gasteiger partial charge is 0.265 e. The number of rotatable bonds is 6. The molecule has 0 aromatic carbocycles. The summed E-state index contributed by atoms with van der Waals surface area (Å²) >= 11 is 5.84. The zero-order valence-corrected chi connectivity index (χ0v) is 15.7.